The largest absolute Gasteiger partial charge is 0.755 e. The molecule has 1 aliphatic carbocycles. The summed E-state index contributed by atoms with van der Waals surface area (Å²) >= 11 is -2.25. The van der Waals surface area contributed by atoms with E-state index in [-0.39, 0.29) is 0 Å². The van der Waals surface area contributed by atoms with Crippen LogP contribution in [0.25, 0.3) is 6.08 Å². The number of fused-ring (bicyclic) bond motifs is 1. The van der Waals surface area contributed by atoms with E-state index in [4.69, 9.17) is 0 Å². The summed E-state index contributed by atoms with van der Waals surface area (Å²) in [4.78, 5) is 0. The van der Waals surface area contributed by atoms with E-state index < -0.39 is 11.3 Å². The SMILES string of the molecule is Cc1ccc(NS(=O)[O-])c2c1C=CCC2. The zero-order valence-electron chi connectivity index (χ0n) is 8.45. The molecule has 80 valence electrons. The predicted octanol–water partition coefficient (Wildman–Crippen LogP) is 2.16. The number of aryl methyl sites for hydroxylation is 1. The Kier molecular flexibility index (Phi) is 2.88. The molecule has 1 aliphatic rings. The fourth-order valence-corrected chi connectivity index (χ4v) is 2.27. The van der Waals surface area contributed by atoms with E-state index in [1.165, 1.54) is 5.56 Å². The number of rotatable bonds is 2. The highest BCUT2D eigenvalue weighted by atomic mass is 32.2. The third-order valence-electron chi connectivity index (χ3n) is 2.61. The van der Waals surface area contributed by atoms with Crippen molar-refractivity contribution in [3.05, 3.63) is 34.9 Å². The van der Waals surface area contributed by atoms with Gasteiger partial charge in [0.15, 0.2) is 0 Å². The predicted molar refractivity (Wildman–Crippen MR) is 61.1 cm³/mol. The van der Waals surface area contributed by atoms with Crippen molar-refractivity contribution in [1.29, 1.82) is 0 Å². The molecule has 0 radical (unpaired) electrons. The van der Waals surface area contributed by atoms with Crippen LogP contribution in [0.5, 0.6) is 0 Å². The van der Waals surface area contributed by atoms with Crippen LogP contribution >= 0.6 is 0 Å². The number of nitrogens with one attached hydrogen (secondary N) is 1. The molecule has 0 spiro atoms. The molecule has 0 saturated heterocycles. The summed E-state index contributed by atoms with van der Waals surface area (Å²) in [5.41, 5.74) is 4.13. The van der Waals surface area contributed by atoms with E-state index in [1.54, 1.807) is 0 Å². The van der Waals surface area contributed by atoms with Crippen LogP contribution in [0.15, 0.2) is 18.2 Å². The Balaban J connectivity index is 2.49. The Hall–Kier alpha value is -1.13. The molecule has 0 aromatic heterocycles. The average molecular weight is 222 g/mol. The molecule has 1 aromatic rings. The summed E-state index contributed by atoms with van der Waals surface area (Å²) in [5.74, 6) is 0. The van der Waals surface area contributed by atoms with E-state index in [0.29, 0.717) is 5.69 Å². The molecule has 1 unspecified atom stereocenters. The van der Waals surface area contributed by atoms with Gasteiger partial charge >= 0.3 is 0 Å². The number of anilines is 1. The lowest BCUT2D eigenvalue weighted by Crippen LogP contribution is -2.08. The van der Waals surface area contributed by atoms with Crippen molar-refractivity contribution in [2.45, 2.75) is 19.8 Å². The van der Waals surface area contributed by atoms with Gasteiger partial charge in [0.25, 0.3) is 0 Å². The van der Waals surface area contributed by atoms with E-state index in [9.17, 15) is 8.76 Å². The van der Waals surface area contributed by atoms with E-state index >= 15 is 0 Å². The number of benzene rings is 1. The summed E-state index contributed by atoms with van der Waals surface area (Å²) in [7, 11) is 0. The molecule has 2 rings (SSSR count). The zero-order chi connectivity index (χ0) is 10.8. The second kappa shape index (κ2) is 4.16. The molecule has 0 saturated carbocycles. The second-order valence-electron chi connectivity index (χ2n) is 3.60. The third kappa shape index (κ3) is 2.11. The van der Waals surface area contributed by atoms with Crippen molar-refractivity contribution < 1.29 is 8.76 Å². The molecule has 0 aliphatic heterocycles. The van der Waals surface area contributed by atoms with Crippen LogP contribution in [-0.4, -0.2) is 8.76 Å². The molecule has 0 heterocycles. The van der Waals surface area contributed by atoms with Gasteiger partial charge in [0.1, 0.15) is 0 Å². The molecule has 1 aromatic carbocycles. The Morgan fingerprint density at radius 1 is 1.47 bits per heavy atom. The topological polar surface area (TPSA) is 52.2 Å². The molecule has 15 heavy (non-hydrogen) atoms. The highest BCUT2D eigenvalue weighted by Crippen LogP contribution is 2.29. The maximum absolute atomic E-state index is 10.6. The second-order valence-corrected chi connectivity index (χ2v) is 4.27. The molecule has 4 heteroatoms. The Bertz CT molecular complexity index is 440. The molecular formula is C11H12NO2S-. The minimum absolute atomic E-state index is 0.702. The van der Waals surface area contributed by atoms with Crippen molar-refractivity contribution in [2.24, 2.45) is 0 Å². The summed E-state index contributed by atoms with van der Waals surface area (Å²) < 4.78 is 23.7. The molecule has 1 N–H and O–H groups in total. The molecule has 1 atom stereocenters. The van der Waals surface area contributed by atoms with Crippen molar-refractivity contribution in [3.8, 4) is 0 Å². The lowest BCUT2D eigenvalue weighted by Gasteiger charge is -2.19. The number of allylic oxidation sites excluding steroid dienone is 1. The van der Waals surface area contributed by atoms with Gasteiger partial charge in [-0.1, -0.05) is 18.2 Å². The van der Waals surface area contributed by atoms with Crippen LogP contribution in [-0.2, 0) is 17.7 Å². The van der Waals surface area contributed by atoms with Gasteiger partial charge < -0.3 is 9.27 Å². The number of hydrogen-bond acceptors (Lipinski definition) is 2. The smallest absolute Gasteiger partial charge is 0.0490 e. The van der Waals surface area contributed by atoms with Crippen LogP contribution in [0.4, 0.5) is 5.69 Å². The van der Waals surface area contributed by atoms with Crippen molar-refractivity contribution >= 4 is 23.0 Å². The average Bonchev–Trinajstić information content (AvgIpc) is 2.22. The maximum atomic E-state index is 10.6. The van der Waals surface area contributed by atoms with Crippen molar-refractivity contribution in [2.75, 3.05) is 4.72 Å². The van der Waals surface area contributed by atoms with Crippen molar-refractivity contribution in [3.63, 3.8) is 0 Å². The van der Waals surface area contributed by atoms with Gasteiger partial charge in [0.05, 0.1) is 0 Å². The fourth-order valence-electron chi connectivity index (χ4n) is 1.90. The Morgan fingerprint density at radius 3 is 3.00 bits per heavy atom. The quantitative estimate of drug-likeness (QED) is 0.779. The van der Waals surface area contributed by atoms with Crippen LogP contribution in [0, 0.1) is 6.92 Å². The molecule has 0 bridgehead atoms. The number of hydrogen-bond donors (Lipinski definition) is 1. The first-order valence-corrected chi connectivity index (χ1v) is 5.91. The third-order valence-corrected chi connectivity index (χ3v) is 3.00. The highest BCUT2D eigenvalue weighted by Gasteiger charge is 2.11. The normalized spacial score (nSPS) is 15.9. The first-order valence-electron chi connectivity index (χ1n) is 4.83. The standard InChI is InChI=1S/C11H13NO2S/c1-8-6-7-11(12-15(13)14)10-5-3-2-4-9(8)10/h2,4,6-7,12H,3,5H2,1H3,(H,13,14)/p-1. The van der Waals surface area contributed by atoms with Crippen LogP contribution in [0.3, 0.4) is 0 Å². The maximum Gasteiger partial charge on any atom is 0.0490 e. The molecule has 0 amide bonds. The van der Waals surface area contributed by atoms with E-state index in [1.807, 2.05) is 19.1 Å². The van der Waals surface area contributed by atoms with Gasteiger partial charge in [-0.05, 0) is 42.5 Å². The van der Waals surface area contributed by atoms with Gasteiger partial charge in [-0.2, -0.15) is 0 Å². The molecule has 3 nitrogen and oxygen atoms in total. The van der Waals surface area contributed by atoms with E-state index in [0.717, 1.165) is 24.0 Å². The van der Waals surface area contributed by atoms with Gasteiger partial charge in [-0.3, -0.25) is 4.21 Å². The first-order chi connectivity index (χ1) is 7.18. The monoisotopic (exact) mass is 222 g/mol. The zero-order valence-corrected chi connectivity index (χ0v) is 9.26. The van der Waals surface area contributed by atoms with Crippen LogP contribution in [0.2, 0.25) is 0 Å². The van der Waals surface area contributed by atoms with Crippen LogP contribution in [0.1, 0.15) is 23.1 Å². The molecule has 0 fully saturated rings. The Labute approximate surface area is 91.6 Å². The minimum atomic E-state index is -2.25. The Morgan fingerprint density at radius 2 is 2.27 bits per heavy atom. The summed E-state index contributed by atoms with van der Waals surface area (Å²) in [6.45, 7) is 2.03. The van der Waals surface area contributed by atoms with Gasteiger partial charge in [0, 0.05) is 17.0 Å². The van der Waals surface area contributed by atoms with Crippen molar-refractivity contribution in [1.82, 2.24) is 0 Å². The van der Waals surface area contributed by atoms with Gasteiger partial charge in [0.2, 0.25) is 0 Å². The highest BCUT2D eigenvalue weighted by molar-refractivity contribution is 7.80. The summed E-state index contributed by atoms with van der Waals surface area (Å²) in [6.07, 6.45) is 6.05. The van der Waals surface area contributed by atoms with Gasteiger partial charge in [-0.15, -0.1) is 0 Å². The lowest BCUT2D eigenvalue weighted by atomic mass is 9.92. The first kappa shape index (κ1) is 10.4. The van der Waals surface area contributed by atoms with E-state index in [2.05, 4.69) is 16.9 Å². The minimum Gasteiger partial charge on any atom is -0.755 e. The summed E-state index contributed by atoms with van der Waals surface area (Å²) in [6, 6.07) is 3.76. The molecular weight excluding hydrogens is 210 g/mol. The lowest BCUT2D eigenvalue weighted by molar-refractivity contribution is 0.542. The van der Waals surface area contributed by atoms with Crippen LogP contribution < -0.4 is 4.72 Å². The van der Waals surface area contributed by atoms with Gasteiger partial charge in [-0.25, -0.2) is 0 Å². The fraction of sp³-hybridized carbons (Fsp3) is 0.273. The summed E-state index contributed by atoms with van der Waals surface area (Å²) in [5, 5.41) is 0.